The van der Waals surface area contributed by atoms with E-state index in [1.165, 1.54) is 5.56 Å². The van der Waals surface area contributed by atoms with E-state index in [2.05, 4.69) is 58.3 Å². The number of halogens is 1. The highest BCUT2D eigenvalue weighted by Crippen LogP contribution is 2.18. The Morgan fingerprint density at radius 1 is 1.46 bits per heavy atom. The van der Waals surface area contributed by atoms with Crippen LogP contribution in [-0.4, -0.2) is 12.5 Å². The molecule has 0 heterocycles. The number of hydrogen-bond donors (Lipinski definition) is 2. The summed E-state index contributed by atoms with van der Waals surface area (Å²) in [4.78, 5) is 0. The highest BCUT2D eigenvalue weighted by Gasteiger charge is 1.91. The van der Waals surface area contributed by atoms with Crippen LogP contribution in [0.1, 0.15) is 5.56 Å². The topological polar surface area (TPSA) is 38.0 Å². The highest BCUT2D eigenvalue weighted by molar-refractivity contribution is 9.10. The van der Waals surface area contributed by atoms with Crippen LogP contribution in [0, 0.1) is 6.92 Å². The maximum Gasteiger partial charge on any atom is 0.0588 e. The summed E-state index contributed by atoms with van der Waals surface area (Å²) < 4.78 is 1.12. The van der Waals surface area contributed by atoms with Gasteiger partial charge in [0.1, 0.15) is 0 Å². The zero-order chi connectivity index (χ0) is 10.3. The summed E-state index contributed by atoms with van der Waals surface area (Å²) in [5.41, 5.74) is 8.03. The van der Waals surface area contributed by atoms with Gasteiger partial charge in [-0.05, 0) is 30.7 Å². The molecule has 0 amide bonds. The predicted octanol–water partition coefficient (Wildman–Crippen LogP) is 2.70. The van der Waals surface area contributed by atoms with E-state index in [1.807, 2.05) is 13.1 Å². The average molecular weight is 261 g/mol. The van der Waals surface area contributed by atoms with Crippen molar-refractivity contribution in [3.05, 3.63) is 28.2 Å². The molecular formula is C9H13BrN2S. The summed E-state index contributed by atoms with van der Waals surface area (Å²) in [5.74, 6) is 0. The molecule has 0 aliphatic rings. The van der Waals surface area contributed by atoms with Crippen LogP contribution < -0.4 is 11.1 Å². The van der Waals surface area contributed by atoms with E-state index in [0.29, 0.717) is 0 Å². The maximum atomic E-state index is 4.54. The van der Waals surface area contributed by atoms with Gasteiger partial charge in [0.2, 0.25) is 0 Å². The number of anilines is 1. The van der Waals surface area contributed by atoms with Crippen LogP contribution in [0.5, 0.6) is 0 Å². The first-order valence-electron chi connectivity index (χ1n) is 3.74. The van der Waals surface area contributed by atoms with Gasteiger partial charge in [-0.15, -0.1) is 0 Å². The van der Waals surface area contributed by atoms with E-state index in [1.54, 1.807) is 0 Å². The monoisotopic (exact) mass is 260 g/mol. The van der Waals surface area contributed by atoms with Gasteiger partial charge in [-0.1, -0.05) is 28.1 Å². The highest BCUT2D eigenvalue weighted by atomic mass is 79.9. The normalized spacial score (nSPS) is 8.23. The fraction of sp³-hybridized carbons (Fsp3) is 0.222. The Labute approximate surface area is 92.6 Å². The number of thiocarbonyl (C=S) groups is 1. The van der Waals surface area contributed by atoms with Crippen LogP contribution >= 0.6 is 28.1 Å². The molecule has 0 unspecified atom stereocenters. The molecular weight excluding hydrogens is 248 g/mol. The van der Waals surface area contributed by atoms with Crippen molar-refractivity contribution in [2.45, 2.75) is 6.92 Å². The Bertz CT molecular complexity index is 256. The Balaban J connectivity index is 0.000000424. The molecule has 0 fully saturated rings. The van der Waals surface area contributed by atoms with Crippen LogP contribution in [0.15, 0.2) is 22.7 Å². The van der Waals surface area contributed by atoms with Gasteiger partial charge in [0.15, 0.2) is 0 Å². The number of hydrogen-bond acceptors (Lipinski definition) is 2. The molecule has 13 heavy (non-hydrogen) atoms. The van der Waals surface area contributed by atoms with Gasteiger partial charge in [-0.25, -0.2) is 0 Å². The Morgan fingerprint density at radius 2 is 2.00 bits per heavy atom. The smallest absolute Gasteiger partial charge is 0.0588 e. The number of aryl methyl sites for hydroxylation is 1. The zero-order valence-electron chi connectivity index (χ0n) is 7.67. The van der Waals surface area contributed by atoms with Crippen molar-refractivity contribution in [2.75, 3.05) is 12.4 Å². The van der Waals surface area contributed by atoms with E-state index in [0.717, 1.165) is 15.7 Å². The minimum absolute atomic E-state index is 1.08. The summed E-state index contributed by atoms with van der Waals surface area (Å²) in [6, 6.07) is 6.23. The average Bonchev–Trinajstić information content (AvgIpc) is 2.04. The Kier molecular flexibility index (Phi) is 6.54. The van der Waals surface area contributed by atoms with Crippen molar-refractivity contribution < 1.29 is 0 Å². The third-order valence-electron chi connectivity index (χ3n) is 1.33. The zero-order valence-corrected chi connectivity index (χ0v) is 10.1. The molecule has 0 radical (unpaired) electrons. The van der Waals surface area contributed by atoms with Gasteiger partial charge in [0, 0.05) is 17.2 Å². The molecule has 72 valence electrons. The largest absolute Gasteiger partial charge is 0.396 e. The van der Waals surface area contributed by atoms with Gasteiger partial charge in [0.25, 0.3) is 0 Å². The van der Waals surface area contributed by atoms with Crippen molar-refractivity contribution in [3.63, 3.8) is 0 Å². The minimum Gasteiger partial charge on any atom is -0.396 e. The molecule has 0 aliphatic carbocycles. The summed E-state index contributed by atoms with van der Waals surface area (Å²) >= 11 is 7.46. The maximum absolute atomic E-state index is 4.54. The lowest BCUT2D eigenvalue weighted by Gasteiger charge is -2.01. The molecule has 2 nitrogen and oxygen atoms in total. The van der Waals surface area contributed by atoms with E-state index in [4.69, 9.17) is 0 Å². The SMILES string of the molecule is CNc1cc(C)cc(Br)c1.NC=S. The lowest BCUT2D eigenvalue weighted by atomic mass is 10.2. The minimum atomic E-state index is 1.08. The Morgan fingerprint density at radius 3 is 2.38 bits per heavy atom. The molecule has 1 aromatic rings. The molecule has 3 N–H and O–H groups in total. The molecule has 0 aromatic heterocycles. The number of benzene rings is 1. The molecule has 4 heteroatoms. The van der Waals surface area contributed by atoms with Crippen LogP contribution in [0.25, 0.3) is 0 Å². The molecule has 0 atom stereocenters. The van der Waals surface area contributed by atoms with E-state index in [9.17, 15) is 0 Å². The number of rotatable bonds is 1. The third-order valence-corrected chi connectivity index (χ3v) is 1.79. The predicted molar refractivity (Wildman–Crippen MR) is 66.3 cm³/mol. The van der Waals surface area contributed by atoms with Crippen molar-refractivity contribution in [1.29, 1.82) is 0 Å². The summed E-state index contributed by atoms with van der Waals surface area (Å²) in [7, 11) is 1.92. The number of nitrogens with one attached hydrogen (secondary N) is 1. The van der Waals surface area contributed by atoms with Crippen molar-refractivity contribution in [3.8, 4) is 0 Å². The van der Waals surface area contributed by atoms with Gasteiger partial charge >= 0.3 is 0 Å². The van der Waals surface area contributed by atoms with Gasteiger partial charge in [-0.3, -0.25) is 0 Å². The van der Waals surface area contributed by atoms with E-state index < -0.39 is 0 Å². The quantitative estimate of drug-likeness (QED) is 0.763. The fourth-order valence-corrected chi connectivity index (χ4v) is 1.49. The van der Waals surface area contributed by atoms with E-state index >= 15 is 0 Å². The molecule has 1 aromatic carbocycles. The molecule has 0 saturated carbocycles. The standard InChI is InChI=1S/C8H10BrN.CH3NS/c1-6-3-7(9)5-8(4-6)10-2;2-1-3/h3-5,10H,1-2H3;1H,(H2,2,3). The van der Waals surface area contributed by atoms with Gasteiger partial charge < -0.3 is 11.1 Å². The third kappa shape index (κ3) is 5.60. The summed E-state index contributed by atoms with van der Waals surface area (Å²) in [6.07, 6.45) is 0. The molecule has 0 spiro atoms. The molecule has 0 aliphatic heterocycles. The second-order valence-electron chi connectivity index (χ2n) is 2.40. The van der Waals surface area contributed by atoms with Crippen LogP contribution in [0.4, 0.5) is 5.69 Å². The lowest BCUT2D eigenvalue weighted by molar-refractivity contribution is 1.41. The summed E-state index contributed by atoms with van der Waals surface area (Å²) in [6.45, 7) is 2.08. The van der Waals surface area contributed by atoms with Crippen molar-refractivity contribution in [1.82, 2.24) is 0 Å². The van der Waals surface area contributed by atoms with Crippen LogP contribution in [0.2, 0.25) is 0 Å². The van der Waals surface area contributed by atoms with Gasteiger partial charge in [-0.2, -0.15) is 0 Å². The second kappa shape index (κ2) is 6.86. The lowest BCUT2D eigenvalue weighted by Crippen LogP contribution is -1.87. The van der Waals surface area contributed by atoms with Crippen LogP contribution in [-0.2, 0) is 0 Å². The second-order valence-corrected chi connectivity index (χ2v) is 3.59. The molecule has 0 saturated heterocycles. The van der Waals surface area contributed by atoms with Crippen molar-refractivity contribution in [2.24, 2.45) is 5.73 Å². The number of nitrogens with two attached hydrogens (primary N) is 1. The first-order chi connectivity index (χ1) is 6.13. The van der Waals surface area contributed by atoms with Crippen molar-refractivity contribution >= 4 is 39.3 Å². The first-order valence-corrected chi connectivity index (χ1v) is 5.00. The molecule has 0 bridgehead atoms. The summed E-state index contributed by atoms with van der Waals surface area (Å²) in [5, 5.41) is 3.08. The molecule has 1 rings (SSSR count). The van der Waals surface area contributed by atoms with E-state index in [-0.39, 0.29) is 0 Å². The fourth-order valence-electron chi connectivity index (χ4n) is 0.881. The Hall–Kier alpha value is -0.610. The first kappa shape index (κ1) is 12.4. The van der Waals surface area contributed by atoms with Crippen LogP contribution in [0.3, 0.4) is 0 Å². The van der Waals surface area contributed by atoms with Gasteiger partial charge in [0.05, 0.1) is 5.49 Å².